The Balaban J connectivity index is 2.23. The lowest BCUT2D eigenvalue weighted by Crippen LogP contribution is -2.20. The van der Waals surface area contributed by atoms with E-state index in [0.717, 1.165) is 0 Å². The molecule has 17 heavy (non-hydrogen) atoms. The van der Waals surface area contributed by atoms with Crippen molar-refractivity contribution < 1.29 is 17.9 Å². The highest BCUT2D eigenvalue weighted by Crippen LogP contribution is 2.23. The van der Waals surface area contributed by atoms with Crippen LogP contribution in [0.15, 0.2) is 0 Å². The van der Waals surface area contributed by atoms with Gasteiger partial charge in [0.05, 0.1) is 24.2 Å². The van der Waals surface area contributed by atoms with Gasteiger partial charge < -0.3 is 4.74 Å². The van der Waals surface area contributed by atoms with Gasteiger partial charge in [-0.3, -0.25) is 0 Å². The minimum atomic E-state index is -3.04. The maximum absolute atomic E-state index is 11.5. The maximum atomic E-state index is 11.5. The van der Waals surface area contributed by atoms with E-state index in [4.69, 9.17) is 4.74 Å². The molecule has 0 N–H and O–H groups in total. The summed E-state index contributed by atoms with van der Waals surface area (Å²) in [7, 11) is -3.04. The predicted octanol–water partition coefficient (Wildman–Crippen LogP) is -0.791. The topological polar surface area (TPSA) is 104 Å². The number of carbonyl (C=O) groups excluding carboxylic acids is 1. The average molecular weight is 260 g/mol. The second kappa shape index (κ2) is 4.40. The Morgan fingerprint density at radius 1 is 1.59 bits per heavy atom. The van der Waals surface area contributed by atoms with E-state index in [1.54, 1.807) is 6.92 Å². The third-order valence-corrected chi connectivity index (χ3v) is 4.26. The van der Waals surface area contributed by atoms with Gasteiger partial charge in [0.25, 0.3) is 5.82 Å². The maximum Gasteiger partial charge on any atom is 0.378 e. The zero-order valence-corrected chi connectivity index (χ0v) is 10.1. The average Bonchev–Trinajstić information content (AvgIpc) is 2.84. The van der Waals surface area contributed by atoms with Crippen LogP contribution in [0.1, 0.15) is 30.0 Å². The Hall–Kier alpha value is -1.51. The number of rotatable bonds is 3. The van der Waals surface area contributed by atoms with Crippen LogP contribution in [0.3, 0.4) is 0 Å². The zero-order chi connectivity index (χ0) is 12.5. The summed E-state index contributed by atoms with van der Waals surface area (Å²) in [6.45, 7) is 1.89. The van der Waals surface area contributed by atoms with Gasteiger partial charge in [-0.15, -0.1) is 5.10 Å². The summed E-state index contributed by atoms with van der Waals surface area (Å²) >= 11 is 0. The van der Waals surface area contributed by atoms with Gasteiger partial charge in [0, 0.05) is 0 Å². The van der Waals surface area contributed by atoms with E-state index in [-0.39, 0.29) is 30.0 Å². The molecule has 1 aliphatic rings. The van der Waals surface area contributed by atoms with Crippen LogP contribution in [-0.2, 0) is 14.6 Å². The van der Waals surface area contributed by atoms with E-state index < -0.39 is 15.8 Å². The van der Waals surface area contributed by atoms with Crippen molar-refractivity contribution in [3.63, 3.8) is 0 Å². The number of sulfone groups is 1. The summed E-state index contributed by atoms with van der Waals surface area (Å²) in [5.74, 6) is -0.625. The van der Waals surface area contributed by atoms with Gasteiger partial charge in [0.15, 0.2) is 9.84 Å². The fourth-order valence-electron chi connectivity index (χ4n) is 1.74. The molecule has 1 unspecified atom stereocenters. The summed E-state index contributed by atoms with van der Waals surface area (Å²) in [4.78, 5) is 11.5. The molecule has 0 radical (unpaired) electrons. The number of tetrazole rings is 1. The van der Waals surface area contributed by atoms with Crippen LogP contribution in [0.5, 0.6) is 0 Å². The summed E-state index contributed by atoms with van der Waals surface area (Å²) in [6.07, 6.45) is 0.416. The third kappa shape index (κ3) is 2.43. The molecule has 2 rings (SSSR count). The molecular formula is C8H12N4O4S. The SMILES string of the molecule is CCOC(=O)c1nnnn1C1CCS(=O)(=O)C1. The van der Waals surface area contributed by atoms with Crippen LogP contribution >= 0.6 is 0 Å². The zero-order valence-electron chi connectivity index (χ0n) is 9.24. The molecule has 1 atom stereocenters. The normalized spacial score (nSPS) is 22.5. The lowest BCUT2D eigenvalue weighted by atomic mass is 10.3. The number of carbonyl (C=O) groups is 1. The molecule has 94 valence electrons. The highest BCUT2D eigenvalue weighted by atomic mass is 32.2. The van der Waals surface area contributed by atoms with Gasteiger partial charge in [-0.2, -0.15) is 0 Å². The second-order valence-electron chi connectivity index (χ2n) is 3.72. The molecular weight excluding hydrogens is 248 g/mol. The van der Waals surface area contributed by atoms with Crippen LogP contribution in [0.2, 0.25) is 0 Å². The molecule has 1 aliphatic heterocycles. The van der Waals surface area contributed by atoms with Crippen molar-refractivity contribution in [1.29, 1.82) is 0 Å². The van der Waals surface area contributed by atoms with Crippen molar-refractivity contribution >= 4 is 15.8 Å². The van der Waals surface area contributed by atoms with Gasteiger partial charge in [-0.1, -0.05) is 0 Å². The number of ether oxygens (including phenoxy) is 1. The summed E-state index contributed by atoms with van der Waals surface area (Å²) in [5, 5.41) is 10.6. The van der Waals surface area contributed by atoms with Gasteiger partial charge in [0.2, 0.25) is 0 Å². The minimum Gasteiger partial charge on any atom is -0.460 e. The Bertz CT molecular complexity index is 523. The molecule has 1 saturated heterocycles. The minimum absolute atomic E-state index is 0.0373. The quantitative estimate of drug-likeness (QED) is 0.656. The number of esters is 1. The fraction of sp³-hybridized carbons (Fsp3) is 0.750. The van der Waals surface area contributed by atoms with E-state index in [9.17, 15) is 13.2 Å². The summed E-state index contributed by atoms with van der Waals surface area (Å²) in [6, 6.07) is -0.380. The molecule has 0 amide bonds. The van der Waals surface area contributed by atoms with Gasteiger partial charge in [-0.05, 0) is 23.8 Å². The lowest BCUT2D eigenvalue weighted by molar-refractivity contribution is 0.0502. The van der Waals surface area contributed by atoms with Crippen molar-refractivity contribution in [2.75, 3.05) is 18.1 Å². The molecule has 2 heterocycles. The number of nitrogens with zero attached hydrogens (tertiary/aromatic N) is 4. The van der Waals surface area contributed by atoms with E-state index >= 15 is 0 Å². The predicted molar refractivity (Wildman–Crippen MR) is 56.1 cm³/mol. The van der Waals surface area contributed by atoms with E-state index in [2.05, 4.69) is 15.5 Å². The Kier molecular flexibility index (Phi) is 3.09. The fourth-order valence-corrected chi connectivity index (χ4v) is 3.43. The van der Waals surface area contributed by atoms with Gasteiger partial charge >= 0.3 is 5.97 Å². The number of hydrogen-bond acceptors (Lipinski definition) is 7. The van der Waals surface area contributed by atoms with Crippen molar-refractivity contribution in [3.8, 4) is 0 Å². The summed E-state index contributed by atoms with van der Waals surface area (Å²) < 4.78 is 28.7. The molecule has 0 saturated carbocycles. The Labute approximate surface area is 97.9 Å². The first-order valence-electron chi connectivity index (χ1n) is 5.19. The molecule has 0 spiro atoms. The molecule has 1 fully saturated rings. The van der Waals surface area contributed by atoms with Gasteiger partial charge in [0.1, 0.15) is 0 Å². The van der Waals surface area contributed by atoms with Crippen molar-refractivity contribution in [3.05, 3.63) is 5.82 Å². The number of hydrogen-bond donors (Lipinski definition) is 0. The van der Waals surface area contributed by atoms with Crippen molar-refractivity contribution in [1.82, 2.24) is 20.2 Å². The van der Waals surface area contributed by atoms with E-state index in [1.165, 1.54) is 4.68 Å². The van der Waals surface area contributed by atoms with Gasteiger partial charge in [-0.25, -0.2) is 17.9 Å². The highest BCUT2D eigenvalue weighted by Gasteiger charge is 2.33. The van der Waals surface area contributed by atoms with Crippen LogP contribution in [-0.4, -0.2) is 52.7 Å². The molecule has 1 aromatic rings. The molecule has 0 bridgehead atoms. The molecule has 0 aliphatic carbocycles. The van der Waals surface area contributed by atoms with E-state index in [0.29, 0.717) is 6.42 Å². The number of aromatic nitrogens is 4. The Morgan fingerprint density at radius 2 is 2.35 bits per heavy atom. The first kappa shape index (κ1) is 12.0. The first-order valence-corrected chi connectivity index (χ1v) is 7.01. The van der Waals surface area contributed by atoms with Crippen molar-refractivity contribution in [2.24, 2.45) is 0 Å². The second-order valence-corrected chi connectivity index (χ2v) is 5.95. The lowest BCUT2D eigenvalue weighted by Gasteiger charge is -2.08. The monoisotopic (exact) mass is 260 g/mol. The molecule has 8 nitrogen and oxygen atoms in total. The van der Waals surface area contributed by atoms with Crippen LogP contribution in [0.25, 0.3) is 0 Å². The van der Waals surface area contributed by atoms with Crippen LogP contribution in [0, 0.1) is 0 Å². The molecule has 9 heteroatoms. The Morgan fingerprint density at radius 3 is 2.94 bits per heavy atom. The van der Waals surface area contributed by atoms with Crippen LogP contribution < -0.4 is 0 Å². The third-order valence-electron chi connectivity index (χ3n) is 2.51. The highest BCUT2D eigenvalue weighted by molar-refractivity contribution is 7.91. The van der Waals surface area contributed by atoms with Crippen LogP contribution in [0.4, 0.5) is 0 Å². The van der Waals surface area contributed by atoms with Crippen molar-refractivity contribution in [2.45, 2.75) is 19.4 Å². The largest absolute Gasteiger partial charge is 0.460 e. The van der Waals surface area contributed by atoms with E-state index in [1.807, 2.05) is 0 Å². The smallest absolute Gasteiger partial charge is 0.378 e. The molecule has 0 aromatic carbocycles. The summed E-state index contributed by atoms with van der Waals surface area (Å²) in [5.41, 5.74) is 0. The molecule has 1 aromatic heterocycles. The first-order chi connectivity index (χ1) is 8.03. The standard InChI is InChI=1S/C8H12N4O4S/c1-2-16-8(13)7-9-10-11-12(7)6-3-4-17(14,15)5-6/h6H,2-5H2,1H3.